The van der Waals surface area contributed by atoms with Crippen molar-refractivity contribution >= 4 is 54.0 Å². The Labute approximate surface area is 201 Å². The number of rotatable bonds is 6. The molecule has 0 atom stereocenters. The van der Waals surface area contributed by atoms with E-state index in [-0.39, 0.29) is 22.9 Å². The van der Waals surface area contributed by atoms with E-state index in [1.807, 2.05) is 25.1 Å². The highest BCUT2D eigenvalue weighted by Gasteiger charge is 2.25. The molecule has 6 nitrogen and oxygen atoms in total. The smallest absolute Gasteiger partial charge is 0.260 e. The number of benzene rings is 2. The molecule has 2 aromatic heterocycles. The molecule has 1 amide bonds. The van der Waals surface area contributed by atoms with Gasteiger partial charge in [0.05, 0.1) is 31.9 Å². The van der Waals surface area contributed by atoms with E-state index in [0.29, 0.717) is 10.2 Å². The zero-order valence-electron chi connectivity index (χ0n) is 18.3. The molecule has 4 rings (SSSR count). The summed E-state index contributed by atoms with van der Waals surface area (Å²) >= 11 is 7.72. The fraction of sp³-hybridized carbons (Fsp3) is 0.208. The predicted octanol–water partition coefficient (Wildman–Crippen LogP) is 5.68. The first kappa shape index (κ1) is 23.4. The average Bonchev–Trinajstić information content (AvgIpc) is 3.27. The van der Waals surface area contributed by atoms with Gasteiger partial charge in [-0.15, -0.1) is 0 Å². The maximum atomic E-state index is 13.7. The Morgan fingerprint density at radius 2 is 1.94 bits per heavy atom. The molecule has 0 N–H and O–H groups in total. The fourth-order valence-corrected chi connectivity index (χ4v) is 5.76. The first-order valence-electron chi connectivity index (χ1n) is 10.3. The Morgan fingerprint density at radius 3 is 2.61 bits per heavy atom. The van der Waals surface area contributed by atoms with Gasteiger partial charge in [0, 0.05) is 18.0 Å². The molecular weight excluding hydrogens is 478 g/mol. The number of hydrogen-bond acceptors (Lipinski definition) is 6. The molecule has 0 radical (unpaired) electrons. The van der Waals surface area contributed by atoms with E-state index in [9.17, 15) is 13.2 Å². The summed E-state index contributed by atoms with van der Waals surface area (Å²) < 4.78 is 26.1. The van der Waals surface area contributed by atoms with Crippen LogP contribution in [0.25, 0.3) is 10.2 Å². The number of amides is 1. The molecule has 2 aromatic carbocycles. The van der Waals surface area contributed by atoms with Crippen LogP contribution < -0.4 is 4.90 Å². The monoisotopic (exact) mass is 499 g/mol. The number of pyridine rings is 1. The Morgan fingerprint density at radius 1 is 1.15 bits per heavy atom. The van der Waals surface area contributed by atoms with E-state index in [2.05, 4.69) is 4.98 Å². The second-order valence-electron chi connectivity index (χ2n) is 7.91. The summed E-state index contributed by atoms with van der Waals surface area (Å²) in [6, 6.07) is 13.5. The maximum Gasteiger partial charge on any atom is 0.260 e. The third-order valence-electron chi connectivity index (χ3n) is 5.26. The molecule has 0 fully saturated rings. The number of thiazole rings is 1. The van der Waals surface area contributed by atoms with Gasteiger partial charge < -0.3 is 0 Å². The number of nitrogens with zero attached hydrogens (tertiary/aromatic N) is 3. The Kier molecular flexibility index (Phi) is 6.52. The minimum atomic E-state index is -3.53. The minimum Gasteiger partial charge on any atom is -0.279 e. The molecule has 9 heteroatoms. The van der Waals surface area contributed by atoms with Crippen molar-refractivity contribution in [3.8, 4) is 0 Å². The maximum absolute atomic E-state index is 13.7. The number of halogens is 1. The van der Waals surface area contributed by atoms with Gasteiger partial charge in [-0.05, 0) is 62.2 Å². The number of anilines is 1. The standard InChI is InChI=1S/C24H22ClN3O3S2/c1-15(2)33(30,31)19-8-4-7-18(12-19)23(29)28(14-17-6-5-11-26-13-17)24-27-21-16(3)9-10-20(25)22(21)32-24/h4-13,15H,14H2,1-3H3. The highest BCUT2D eigenvalue weighted by atomic mass is 35.5. The topological polar surface area (TPSA) is 80.2 Å². The van der Waals surface area contributed by atoms with Crippen LogP contribution in [-0.4, -0.2) is 29.5 Å². The van der Waals surface area contributed by atoms with E-state index < -0.39 is 15.1 Å². The lowest BCUT2D eigenvalue weighted by Gasteiger charge is -2.20. The third-order valence-corrected chi connectivity index (χ3v) is 8.95. The second kappa shape index (κ2) is 9.21. The molecule has 0 aliphatic carbocycles. The van der Waals surface area contributed by atoms with E-state index in [1.54, 1.807) is 49.3 Å². The van der Waals surface area contributed by atoms with Gasteiger partial charge in [0.2, 0.25) is 0 Å². The van der Waals surface area contributed by atoms with Crippen molar-refractivity contribution in [3.63, 3.8) is 0 Å². The lowest BCUT2D eigenvalue weighted by atomic mass is 10.2. The molecule has 4 aromatic rings. The van der Waals surface area contributed by atoms with Gasteiger partial charge in [0.25, 0.3) is 5.91 Å². The number of sulfone groups is 1. The zero-order valence-corrected chi connectivity index (χ0v) is 20.7. The van der Waals surface area contributed by atoms with Crippen molar-refractivity contribution in [1.82, 2.24) is 9.97 Å². The normalized spacial score (nSPS) is 11.8. The summed E-state index contributed by atoms with van der Waals surface area (Å²) in [6.45, 7) is 5.40. The lowest BCUT2D eigenvalue weighted by Crippen LogP contribution is -2.30. The van der Waals surface area contributed by atoms with Crippen LogP contribution in [0.5, 0.6) is 0 Å². The van der Waals surface area contributed by atoms with Crippen molar-refractivity contribution in [2.45, 2.75) is 37.5 Å². The summed E-state index contributed by atoms with van der Waals surface area (Å²) in [6.07, 6.45) is 3.35. The van der Waals surface area contributed by atoms with Crippen LogP contribution in [0.3, 0.4) is 0 Å². The van der Waals surface area contributed by atoms with E-state index in [0.717, 1.165) is 21.3 Å². The summed E-state index contributed by atoms with van der Waals surface area (Å²) in [5, 5.41) is 0.453. The molecule has 0 spiro atoms. The first-order chi connectivity index (χ1) is 15.7. The number of aryl methyl sites for hydroxylation is 1. The van der Waals surface area contributed by atoms with E-state index >= 15 is 0 Å². The number of hydrogen-bond donors (Lipinski definition) is 0. The van der Waals surface area contributed by atoms with Gasteiger partial charge >= 0.3 is 0 Å². The van der Waals surface area contributed by atoms with Gasteiger partial charge in [-0.25, -0.2) is 13.4 Å². The first-order valence-corrected chi connectivity index (χ1v) is 13.0. The van der Waals surface area contributed by atoms with Crippen LogP contribution in [0.1, 0.15) is 35.3 Å². The number of aromatic nitrogens is 2. The molecule has 0 aliphatic rings. The number of carbonyl (C=O) groups excluding carboxylic acids is 1. The number of fused-ring (bicyclic) bond motifs is 1. The van der Waals surface area contributed by atoms with Crippen molar-refractivity contribution < 1.29 is 13.2 Å². The van der Waals surface area contributed by atoms with Crippen LogP contribution in [-0.2, 0) is 16.4 Å². The quantitative estimate of drug-likeness (QED) is 0.341. The fourth-order valence-electron chi connectivity index (χ4n) is 3.34. The minimum absolute atomic E-state index is 0.118. The Balaban J connectivity index is 1.82. The van der Waals surface area contributed by atoms with Crippen LogP contribution in [0.4, 0.5) is 5.13 Å². The molecule has 0 bridgehead atoms. The summed E-state index contributed by atoms with van der Waals surface area (Å²) in [5.74, 6) is -0.354. The van der Waals surface area contributed by atoms with Crippen LogP contribution in [0, 0.1) is 6.92 Å². The van der Waals surface area contributed by atoms with E-state index in [1.165, 1.54) is 23.5 Å². The molecule has 0 unspecified atom stereocenters. The van der Waals surface area contributed by atoms with Crippen LogP contribution >= 0.6 is 22.9 Å². The van der Waals surface area contributed by atoms with Crippen molar-refractivity contribution in [2.75, 3.05) is 4.90 Å². The zero-order chi connectivity index (χ0) is 23.8. The van der Waals surface area contributed by atoms with Crippen molar-refractivity contribution in [3.05, 3.63) is 82.6 Å². The Hall–Kier alpha value is -2.81. The van der Waals surface area contributed by atoms with Gasteiger partial charge in [-0.2, -0.15) is 0 Å². The van der Waals surface area contributed by atoms with Gasteiger partial charge in [-0.1, -0.05) is 41.1 Å². The highest BCUT2D eigenvalue weighted by molar-refractivity contribution is 7.92. The van der Waals surface area contributed by atoms with Crippen LogP contribution in [0.15, 0.2) is 65.8 Å². The van der Waals surface area contributed by atoms with Crippen LogP contribution in [0.2, 0.25) is 5.02 Å². The average molecular weight is 500 g/mol. The molecule has 170 valence electrons. The number of carbonyl (C=O) groups is 1. The van der Waals surface area contributed by atoms with Gasteiger partial charge in [-0.3, -0.25) is 14.7 Å². The second-order valence-corrected chi connectivity index (χ2v) is 11.8. The van der Waals surface area contributed by atoms with Gasteiger partial charge in [0.1, 0.15) is 0 Å². The largest absolute Gasteiger partial charge is 0.279 e. The summed E-state index contributed by atoms with van der Waals surface area (Å²) in [4.78, 5) is 24.2. The highest BCUT2D eigenvalue weighted by Crippen LogP contribution is 2.36. The van der Waals surface area contributed by atoms with Crippen molar-refractivity contribution in [1.29, 1.82) is 0 Å². The van der Waals surface area contributed by atoms with Crippen molar-refractivity contribution in [2.24, 2.45) is 0 Å². The van der Waals surface area contributed by atoms with Gasteiger partial charge in [0.15, 0.2) is 15.0 Å². The molecule has 0 saturated heterocycles. The SMILES string of the molecule is Cc1ccc(Cl)c2sc(N(Cc3cccnc3)C(=O)c3cccc(S(=O)(=O)C(C)C)c3)nc12. The lowest BCUT2D eigenvalue weighted by molar-refractivity contribution is 0.0985. The molecule has 0 aliphatic heterocycles. The third kappa shape index (κ3) is 4.64. The predicted molar refractivity (Wildman–Crippen MR) is 133 cm³/mol. The molecule has 33 heavy (non-hydrogen) atoms. The molecule has 0 saturated carbocycles. The molecule has 2 heterocycles. The Bertz CT molecular complexity index is 1400. The van der Waals surface area contributed by atoms with E-state index in [4.69, 9.17) is 16.6 Å². The summed E-state index contributed by atoms with van der Waals surface area (Å²) in [7, 11) is -3.53. The molecular formula is C24H22ClN3O3S2. The summed E-state index contributed by atoms with van der Waals surface area (Å²) in [5.41, 5.74) is 2.78.